The monoisotopic (exact) mass is 608 g/mol. The molecule has 0 aliphatic heterocycles. The SMILES string of the molecule is CCC(CC(=O)c1ccc(-c2cc(Cl)ccc2-c2nc3ccc(C(C)(C)C)cc3[nH]2)c(C(=O)OC)c1)c1ccccc1OC. The summed E-state index contributed by atoms with van der Waals surface area (Å²) < 4.78 is 10.7. The van der Waals surface area contributed by atoms with Gasteiger partial charge in [-0.25, -0.2) is 9.78 Å². The number of H-pyrrole nitrogens is 1. The first-order valence-corrected chi connectivity index (χ1v) is 15.1. The van der Waals surface area contributed by atoms with Crippen LogP contribution < -0.4 is 4.74 Å². The zero-order valence-electron chi connectivity index (χ0n) is 26.0. The van der Waals surface area contributed by atoms with Crippen LogP contribution in [0.1, 0.15) is 78.3 Å². The fourth-order valence-electron chi connectivity index (χ4n) is 5.60. The highest BCUT2D eigenvalue weighted by atomic mass is 35.5. The Labute approximate surface area is 263 Å². The summed E-state index contributed by atoms with van der Waals surface area (Å²) in [6.45, 7) is 8.57. The van der Waals surface area contributed by atoms with E-state index in [1.54, 1.807) is 31.4 Å². The molecule has 7 heteroatoms. The molecule has 0 spiro atoms. The second-order valence-electron chi connectivity index (χ2n) is 12.0. The van der Waals surface area contributed by atoms with Gasteiger partial charge in [0.2, 0.25) is 0 Å². The van der Waals surface area contributed by atoms with Crippen LogP contribution in [0.5, 0.6) is 5.75 Å². The number of esters is 1. The van der Waals surface area contributed by atoms with E-state index in [-0.39, 0.29) is 29.1 Å². The number of hydrogen-bond donors (Lipinski definition) is 1. The Morgan fingerprint density at radius 3 is 2.36 bits per heavy atom. The van der Waals surface area contributed by atoms with Crippen molar-refractivity contribution in [2.24, 2.45) is 0 Å². The number of rotatable bonds is 9. The molecule has 5 rings (SSSR count). The summed E-state index contributed by atoms with van der Waals surface area (Å²) in [4.78, 5) is 35.1. The van der Waals surface area contributed by atoms with Crippen LogP contribution >= 0.6 is 11.6 Å². The van der Waals surface area contributed by atoms with Gasteiger partial charge in [-0.3, -0.25) is 4.79 Å². The van der Waals surface area contributed by atoms with E-state index in [9.17, 15) is 9.59 Å². The first-order valence-electron chi connectivity index (χ1n) is 14.7. The van der Waals surface area contributed by atoms with Gasteiger partial charge in [-0.1, -0.05) is 75.7 Å². The number of Topliss-reactive ketones (excluding diaryl/α,β-unsaturated/α-hetero) is 1. The molecule has 0 bridgehead atoms. The maximum Gasteiger partial charge on any atom is 0.338 e. The molecule has 1 aromatic heterocycles. The molecule has 0 aliphatic carbocycles. The van der Waals surface area contributed by atoms with E-state index in [2.05, 4.69) is 44.8 Å². The Balaban J connectivity index is 1.56. The van der Waals surface area contributed by atoms with E-state index in [1.807, 2.05) is 42.5 Å². The highest BCUT2D eigenvalue weighted by Crippen LogP contribution is 2.38. The fraction of sp³-hybridized carbons (Fsp3) is 0.270. The number of benzene rings is 4. The van der Waals surface area contributed by atoms with E-state index in [0.717, 1.165) is 34.3 Å². The van der Waals surface area contributed by atoms with Crippen LogP contribution in [0.3, 0.4) is 0 Å². The number of carbonyl (C=O) groups excluding carboxylic acids is 2. The lowest BCUT2D eigenvalue weighted by Crippen LogP contribution is -2.11. The van der Waals surface area contributed by atoms with E-state index in [1.165, 1.54) is 12.7 Å². The first-order chi connectivity index (χ1) is 21.0. The van der Waals surface area contributed by atoms with E-state index in [0.29, 0.717) is 27.5 Å². The smallest absolute Gasteiger partial charge is 0.338 e. The number of para-hydroxylation sites is 1. The maximum absolute atomic E-state index is 13.6. The van der Waals surface area contributed by atoms with E-state index < -0.39 is 5.97 Å². The molecule has 6 nitrogen and oxygen atoms in total. The number of fused-ring (bicyclic) bond motifs is 1. The molecule has 0 saturated heterocycles. The Bertz CT molecular complexity index is 1850. The van der Waals surface area contributed by atoms with E-state index in [4.69, 9.17) is 26.1 Å². The van der Waals surface area contributed by atoms with Crippen LogP contribution in [0.4, 0.5) is 0 Å². The lowest BCUT2D eigenvalue weighted by molar-refractivity contribution is 0.0601. The largest absolute Gasteiger partial charge is 0.496 e. The Kier molecular flexibility index (Phi) is 8.93. The molecule has 226 valence electrons. The average molecular weight is 609 g/mol. The quantitative estimate of drug-likeness (QED) is 0.133. The van der Waals surface area contributed by atoms with Crippen LogP contribution in [0.15, 0.2) is 78.9 Å². The number of ether oxygens (including phenoxy) is 2. The Hall–Kier alpha value is -4.42. The van der Waals surface area contributed by atoms with Crippen LogP contribution in [0, 0.1) is 0 Å². The fourth-order valence-corrected chi connectivity index (χ4v) is 5.77. The summed E-state index contributed by atoms with van der Waals surface area (Å²) in [5.41, 5.74) is 6.71. The second-order valence-corrected chi connectivity index (χ2v) is 12.4. The number of carbonyl (C=O) groups is 2. The van der Waals surface area contributed by atoms with Crippen molar-refractivity contribution in [3.63, 3.8) is 0 Å². The Morgan fingerprint density at radius 2 is 1.66 bits per heavy atom. The summed E-state index contributed by atoms with van der Waals surface area (Å²) in [5, 5.41) is 0.508. The number of aromatic amines is 1. The highest BCUT2D eigenvalue weighted by molar-refractivity contribution is 6.31. The highest BCUT2D eigenvalue weighted by Gasteiger charge is 2.24. The van der Waals surface area contributed by atoms with Gasteiger partial charge in [0.15, 0.2) is 5.78 Å². The number of nitrogens with one attached hydrogen (secondary N) is 1. The van der Waals surface area contributed by atoms with Gasteiger partial charge in [-0.2, -0.15) is 0 Å². The van der Waals surface area contributed by atoms with Crippen molar-refractivity contribution in [3.8, 4) is 28.3 Å². The van der Waals surface area contributed by atoms with Gasteiger partial charge < -0.3 is 14.5 Å². The van der Waals surface area contributed by atoms with Gasteiger partial charge >= 0.3 is 5.97 Å². The maximum atomic E-state index is 13.6. The second kappa shape index (κ2) is 12.7. The molecule has 0 saturated carbocycles. The Morgan fingerprint density at radius 1 is 0.909 bits per heavy atom. The normalized spacial score (nSPS) is 12.2. The van der Waals surface area contributed by atoms with Crippen molar-refractivity contribution >= 4 is 34.4 Å². The zero-order chi connectivity index (χ0) is 31.6. The predicted molar refractivity (Wildman–Crippen MR) is 177 cm³/mol. The third-order valence-electron chi connectivity index (χ3n) is 8.13. The third kappa shape index (κ3) is 6.27. The molecule has 0 fully saturated rings. The van der Waals surface area contributed by atoms with Crippen LogP contribution in [0.25, 0.3) is 33.5 Å². The summed E-state index contributed by atoms with van der Waals surface area (Å²) in [6, 6.07) is 24.7. The number of imidazole rings is 1. The van der Waals surface area contributed by atoms with Gasteiger partial charge in [0.05, 0.1) is 30.8 Å². The molecular formula is C37H37ClN2O4. The number of aromatic nitrogens is 2. The van der Waals surface area contributed by atoms with Crippen molar-refractivity contribution in [2.45, 2.75) is 51.9 Å². The van der Waals surface area contributed by atoms with Crippen molar-refractivity contribution < 1.29 is 19.1 Å². The predicted octanol–water partition coefficient (Wildman–Crippen LogP) is 9.41. The summed E-state index contributed by atoms with van der Waals surface area (Å²) in [7, 11) is 2.97. The number of halogens is 1. The van der Waals surface area contributed by atoms with Gasteiger partial charge in [0.1, 0.15) is 11.6 Å². The summed E-state index contributed by atoms with van der Waals surface area (Å²) in [5.74, 6) is 0.753. The lowest BCUT2D eigenvalue weighted by atomic mass is 9.87. The minimum atomic E-state index is -0.545. The van der Waals surface area contributed by atoms with Crippen LogP contribution in [-0.4, -0.2) is 35.9 Å². The molecule has 1 heterocycles. The number of ketones is 1. The summed E-state index contributed by atoms with van der Waals surface area (Å²) in [6.07, 6.45) is 1.03. The molecule has 5 aromatic rings. The van der Waals surface area contributed by atoms with Gasteiger partial charge in [-0.15, -0.1) is 0 Å². The topological polar surface area (TPSA) is 81.3 Å². The van der Waals surface area contributed by atoms with Gasteiger partial charge in [0, 0.05) is 22.6 Å². The summed E-state index contributed by atoms with van der Waals surface area (Å²) >= 11 is 6.50. The van der Waals surface area contributed by atoms with Gasteiger partial charge in [0.25, 0.3) is 0 Å². The van der Waals surface area contributed by atoms with Crippen molar-refractivity contribution in [1.29, 1.82) is 0 Å². The molecule has 44 heavy (non-hydrogen) atoms. The number of methoxy groups -OCH3 is 2. The molecule has 1 unspecified atom stereocenters. The first kappa shape index (κ1) is 31.0. The van der Waals surface area contributed by atoms with Crippen LogP contribution in [-0.2, 0) is 10.2 Å². The van der Waals surface area contributed by atoms with Crippen molar-refractivity contribution in [3.05, 3.63) is 106 Å². The zero-order valence-corrected chi connectivity index (χ0v) is 26.7. The molecule has 0 amide bonds. The van der Waals surface area contributed by atoms with Gasteiger partial charge in [-0.05, 0) is 82.5 Å². The molecule has 1 N–H and O–H groups in total. The standard InChI is InChI=1S/C37H37ClN2O4/c1-7-22(26-10-8-9-11-34(26)43-5)19-33(41)23-12-15-27(30(18-23)36(42)44-6)29-21-25(38)14-16-28(29)35-39-31-17-13-24(37(2,3)4)20-32(31)40-35/h8-18,20-22H,7,19H2,1-6H3,(H,39,40). The van der Waals surface area contributed by atoms with Crippen LogP contribution in [0.2, 0.25) is 5.02 Å². The molecular weight excluding hydrogens is 572 g/mol. The molecule has 0 aliphatic rings. The lowest BCUT2D eigenvalue weighted by Gasteiger charge is -2.18. The van der Waals surface area contributed by atoms with E-state index >= 15 is 0 Å². The molecule has 0 radical (unpaired) electrons. The number of hydrogen-bond acceptors (Lipinski definition) is 5. The van der Waals surface area contributed by atoms with Crippen molar-refractivity contribution in [2.75, 3.05) is 14.2 Å². The average Bonchev–Trinajstić information content (AvgIpc) is 3.45. The minimum Gasteiger partial charge on any atom is -0.496 e. The number of nitrogens with zero attached hydrogens (tertiary/aromatic N) is 1. The molecule has 1 atom stereocenters. The molecule has 4 aromatic carbocycles. The van der Waals surface area contributed by atoms with Crippen molar-refractivity contribution in [1.82, 2.24) is 9.97 Å². The third-order valence-corrected chi connectivity index (χ3v) is 8.36. The minimum absolute atomic E-state index is 0.0101.